The first-order valence-electron chi connectivity index (χ1n) is 8.69. The van der Waals surface area contributed by atoms with Crippen molar-refractivity contribution in [1.82, 2.24) is 9.62 Å². The minimum Gasteiger partial charge on any atom is -0.496 e. The van der Waals surface area contributed by atoms with Crippen LogP contribution in [-0.4, -0.2) is 39.8 Å². The summed E-state index contributed by atoms with van der Waals surface area (Å²) in [7, 11) is 1.16. The molecule has 7 heteroatoms. The maximum Gasteiger partial charge on any atom is 0.242 e. The van der Waals surface area contributed by atoms with Gasteiger partial charge in [-0.2, -0.15) is 0 Å². The lowest BCUT2D eigenvalue weighted by atomic mass is 10.1. The molecule has 0 heterocycles. The summed E-state index contributed by atoms with van der Waals surface area (Å²) in [4.78, 5) is 12.5. The number of amides is 1. The number of aryl methyl sites for hydroxylation is 1. The number of ether oxygens (including phenoxy) is 1. The topological polar surface area (TPSA) is 75.7 Å². The third kappa shape index (κ3) is 5.30. The summed E-state index contributed by atoms with van der Waals surface area (Å²) in [5.41, 5.74) is 1.83. The summed E-state index contributed by atoms with van der Waals surface area (Å²) in [5.74, 6) is 0.668. The second kappa shape index (κ2) is 9.01. The highest BCUT2D eigenvalue weighted by atomic mass is 32.2. The molecule has 1 atom stereocenters. The van der Waals surface area contributed by atoms with Crippen LogP contribution >= 0.6 is 0 Å². The molecule has 0 radical (unpaired) electrons. The van der Waals surface area contributed by atoms with E-state index in [4.69, 9.17) is 4.74 Å². The molecule has 0 aromatic heterocycles. The zero-order chi connectivity index (χ0) is 20.0. The van der Waals surface area contributed by atoms with Crippen molar-refractivity contribution in [2.24, 2.45) is 0 Å². The highest BCUT2D eigenvalue weighted by Gasteiger charge is 2.17. The first-order chi connectivity index (χ1) is 12.8. The smallest absolute Gasteiger partial charge is 0.242 e. The van der Waals surface area contributed by atoms with E-state index in [1.54, 1.807) is 31.4 Å². The molecule has 146 valence electrons. The molecule has 1 amide bonds. The van der Waals surface area contributed by atoms with E-state index in [-0.39, 0.29) is 16.8 Å². The fraction of sp³-hybridized carbons (Fsp3) is 0.350. The van der Waals surface area contributed by atoms with Crippen LogP contribution in [0.15, 0.2) is 53.4 Å². The highest BCUT2D eigenvalue weighted by molar-refractivity contribution is 7.89. The SMILES string of the molecule is COc1ccccc1[C@H](C)NC(=O)CCc1ccc(S(=O)(=O)N(C)C)cc1. The molecule has 0 unspecified atom stereocenters. The molecule has 0 fully saturated rings. The quantitative estimate of drug-likeness (QED) is 0.752. The number of rotatable bonds is 8. The number of para-hydroxylation sites is 1. The Kier molecular flexibility index (Phi) is 6.98. The molecular weight excluding hydrogens is 364 g/mol. The Labute approximate surface area is 161 Å². The van der Waals surface area contributed by atoms with Gasteiger partial charge in [-0.05, 0) is 37.1 Å². The van der Waals surface area contributed by atoms with E-state index < -0.39 is 10.0 Å². The predicted octanol–water partition coefficient (Wildman–Crippen LogP) is 2.76. The van der Waals surface area contributed by atoms with E-state index >= 15 is 0 Å². The number of carbonyl (C=O) groups excluding carboxylic acids is 1. The maximum absolute atomic E-state index is 12.3. The van der Waals surface area contributed by atoms with Gasteiger partial charge in [0.25, 0.3) is 0 Å². The van der Waals surface area contributed by atoms with Crippen LogP contribution in [0.4, 0.5) is 0 Å². The average Bonchev–Trinajstić information content (AvgIpc) is 2.66. The average molecular weight is 391 g/mol. The van der Waals surface area contributed by atoms with Crippen molar-refractivity contribution in [2.75, 3.05) is 21.2 Å². The number of nitrogens with zero attached hydrogens (tertiary/aromatic N) is 1. The van der Waals surface area contributed by atoms with Crippen molar-refractivity contribution in [3.8, 4) is 5.75 Å². The fourth-order valence-corrected chi connectivity index (χ4v) is 3.61. The lowest BCUT2D eigenvalue weighted by Gasteiger charge is -2.17. The number of hydrogen-bond donors (Lipinski definition) is 1. The molecule has 1 N–H and O–H groups in total. The molecule has 0 aliphatic heterocycles. The highest BCUT2D eigenvalue weighted by Crippen LogP contribution is 2.24. The van der Waals surface area contributed by atoms with Crippen LogP contribution in [0.5, 0.6) is 5.75 Å². The molecule has 6 nitrogen and oxygen atoms in total. The van der Waals surface area contributed by atoms with Gasteiger partial charge < -0.3 is 10.1 Å². The minimum absolute atomic E-state index is 0.0709. The lowest BCUT2D eigenvalue weighted by molar-refractivity contribution is -0.121. The van der Waals surface area contributed by atoms with Gasteiger partial charge in [-0.15, -0.1) is 0 Å². The molecule has 0 spiro atoms. The van der Waals surface area contributed by atoms with Gasteiger partial charge in [0, 0.05) is 26.1 Å². The standard InChI is InChI=1S/C20H26N2O4S/c1-15(18-7-5-6-8-19(18)26-4)21-20(23)14-11-16-9-12-17(13-10-16)27(24,25)22(2)3/h5-10,12-13,15H,11,14H2,1-4H3,(H,21,23)/t15-/m0/s1. The molecular formula is C20H26N2O4S. The van der Waals surface area contributed by atoms with Gasteiger partial charge in [-0.1, -0.05) is 30.3 Å². The molecule has 2 rings (SSSR count). The van der Waals surface area contributed by atoms with Crippen LogP contribution in [0, 0.1) is 0 Å². The number of sulfonamides is 1. The van der Waals surface area contributed by atoms with E-state index in [2.05, 4.69) is 5.32 Å². The first-order valence-corrected chi connectivity index (χ1v) is 10.1. The lowest BCUT2D eigenvalue weighted by Crippen LogP contribution is -2.27. The Morgan fingerprint density at radius 1 is 1.11 bits per heavy atom. The fourth-order valence-electron chi connectivity index (χ4n) is 2.71. The largest absolute Gasteiger partial charge is 0.496 e. The Bertz CT molecular complexity index is 877. The number of nitrogens with one attached hydrogen (secondary N) is 1. The van der Waals surface area contributed by atoms with E-state index in [1.165, 1.54) is 18.4 Å². The molecule has 0 bridgehead atoms. The van der Waals surface area contributed by atoms with Crippen molar-refractivity contribution in [3.05, 3.63) is 59.7 Å². The van der Waals surface area contributed by atoms with Gasteiger partial charge >= 0.3 is 0 Å². The summed E-state index contributed by atoms with van der Waals surface area (Å²) in [6, 6.07) is 14.0. The van der Waals surface area contributed by atoms with Crippen LogP contribution in [-0.2, 0) is 21.2 Å². The van der Waals surface area contributed by atoms with Crippen LogP contribution in [0.25, 0.3) is 0 Å². The van der Waals surface area contributed by atoms with Crippen molar-refractivity contribution in [2.45, 2.75) is 30.7 Å². The number of hydrogen-bond acceptors (Lipinski definition) is 4. The van der Waals surface area contributed by atoms with Gasteiger partial charge in [-0.25, -0.2) is 12.7 Å². The van der Waals surface area contributed by atoms with Crippen molar-refractivity contribution in [1.29, 1.82) is 0 Å². The molecule has 0 aliphatic rings. The predicted molar refractivity (Wildman–Crippen MR) is 105 cm³/mol. The maximum atomic E-state index is 12.3. The summed E-state index contributed by atoms with van der Waals surface area (Å²) in [6.07, 6.45) is 0.853. The normalized spacial score (nSPS) is 12.6. The van der Waals surface area contributed by atoms with Crippen LogP contribution < -0.4 is 10.1 Å². The minimum atomic E-state index is -3.44. The van der Waals surface area contributed by atoms with E-state index in [0.717, 1.165) is 16.9 Å². The zero-order valence-electron chi connectivity index (χ0n) is 16.1. The summed E-state index contributed by atoms with van der Waals surface area (Å²) in [6.45, 7) is 1.91. The van der Waals surface area contributed by atoms with Crippen LogP contribution in [0.2, 0.25) is 0 Å². The van der Waals surface area contributed by atoms with Crippen LogP contribution in [0.1, 0.15) is 30.5 Å². The molecule has 0 aliphatic carbocycles. The van der Waals surface area contributed by atoms with Gasteiger partial charge in [0.2, 0.25) is 15.9 Å². The second-order valence-electron chi connectivity index (χ2n) is 6.46. The van der Waals surface area contributed by atoms with E-state index in [0.29, 0.717) is 12.8 Å². The summed E-state index contributed by atoms with van der Waals surface area (Å²) in [5, 5.41) is 2.97. The Balaban J connectivity index is 1.94. The van der Waals surface area contributed by atoms with E-state index in [1.807, 2.05) is 31.2 Å². The van der Waals surface area contributed by atoms with Crippen molar-refractivity contribution >= 4 is 15.9 Å². The van der Waals surface area contributed by atoms with Gasteiger partial charge in [-0.3, -0.25) is 4.79 Å². The zero-order valence-corrected chi connectivity index (χ0v) is 16.9. The third-order valence-electron chi connectivity index (χ3n) is 4.33. The second-order valence-corrected chi connectivity index (χ2v) is 8.61. The first kappa shape index (κ1) is 20.9. The molecule has 0 saturated carbocycles. The molecule has 2 aromatic rings. The van der Waals surface area contributed by atoms with E-state index in [9.17, 15) is 13.2 Å². The number of benzene rings is 2. The number of carbonyl (C=O) groups is 1. The van der Waals surface area contributed by atoms with Crippen molar-refractivity contribution in [3.63, 3.8) is 0 Å². The summed E-state index contributed by atoms with van der Waals surface area (Å²) >= 11 is 0. The van der Waals surface area contributed by atoms with Crippen molar-refractivity contribution < 1.29 is 17.9 Å². The monoisotopic (exact) mass is 390 g/mol. The summed E-state index contributed by atoms with van der Waals surface area (Å²) < 4.78 is 30.6. The Hall–Kier alpha value is -2.38. The van der Waals surface area contributed by atoms with Gasteiger partial charge in [0.1, 0.15) is 5.75 Å². The third-order valence-corrected chi connectivity index (χ3v) is 6.15. The molecule has 0 saturated heterocycles. The molecule has 27 heavy (non-hydrogen) atoms. The van der Waals surface area contributed by atoms with Gasteiger partial charge in [0.15, 0.2) is 0 Å². The molecule has 2 aromatic carbocycles. The number of methoxy groups -OCH3 is 1. The Morgan fingerprint density at radius 2 is 1.74 bits per heavy atom. The Morgan fingerprint density at radius 3 is 2.33 bits per heavy atom. The van der Waals surface area contributed by atoms with Gasteiger partial charge in [0.05, 0.1) is 18.0 Å². The van der Waals surface area contributed by atoms with Crippen LogP contribution in [0.3, 0.4) is 0 Å².